The van der Waals surface area contributed by atoms with E-state index >= 15 is 0 Å². The second-order valence-corrected chi connectivity index (χ2v) is 8.54. The fourth-order valence-corrected chi connectivity index (χ4v) is 3.84. The number of hydrogen-bond acceptors (Lipinski definition) is 4. The Hall–Kier alpha value is -2.93. The zero-order valence-corrected chi connectivity index (χ0v) is 18.1. The van der Waals surface area contributed by atoms with Crippen molar-refractivity contribution in [3.05, 3.63) is 71.0 Å². The molecule has 3 rings (SSSR count). The summed E-state index contributed by atoms with van der Waals surface area (Å²) in [5.41, 5.74) is 7.45. The number of carbonyl (C=O) groups excluding carboxylic acids is 2. The summed E-state index contributed by atoms with van der Waals surface area (Å²) in [5, 5.41) is 2.44. The van der Waals surface area contributed by atoms with Gasteiger partial charge in [0.25, 0.3) is 0 Å². The van der Waals surface area contributed by atoms with E-state index in [1.807, 2.05) is 36.4 Å². The molecular weight excluding hydrogens is 397 g/mol. The molecule has 1 aliphatic heterocycles. The number of amides is 2. The molecule has 0 aromatic heterocycles. The van der Waals surface area contributed by atoms with Gasteiger partial charge in [-0.15, -0.1) is 0 Å². The lowest BCUT2D eigenvalue weighted by Crippen LogP contribution is -2.46. The first-order valence-electron chi connectivity index (χ1n) is 10.5. The van der Waals surface area contributed by atoms with Gasteiger partial charge in [-0.25, -0.2) is 9.18 Å². The van der Waals surface area contributed by atoms with Crippen molar-refractivity contribution in [2.45, 2.75) is 44.2 Å². The van der Waals surface area contributed by atoms with Gasteiger partial charge in [-0.2, -0.15) is 0 Å². The van der Waals surface area contributed by atoms with Crippen LogP contribution >= 0.6 is 0 Å². The summed E-state index contributed by atoms with van der Waals surface area (Å²) in [6, 6.07) is 13.2. The van der Waals surface area contributed by atoms with Crippen LogP contribution in [0.3, 0.4) is 0 Å². The summed E-state index contributed by atoms with van der Waals surface area (Å²) in [4.78, 5) is 26.2. The van der Waals surface area contributed by atoms with Crippen molar-refractivity contribution in [1.82, 2.24) is 10.2 Å². The zero-order valence-electron chi connectivity index (χ0n) is 18.1. The maximum atomic E-state index is 14.9. The molecule has 1 saturated heterocycles. The Balaban J connectivity index is 1.63. The van der Waals surface area contributed by atoms with Crippen LogP contribution in [0.15, 0.2) is 48.5 Å². The van der Waals surface area contributed by atoms with Crippen molar-refractivity contribution in [3.8, 4) is 0 Å². The summed E-state index contributed by atoms with van der Waals surface area (Å²) in [5.74, 6) is -1.15. The minimum absolute atomic E-state index is 0.0403. The lowest BCUT2D eigenvalue weighted by Gasteiger charge is -2.38. The Morgan fingerprint density at radius 3 is 2.48 bits per heavy atom. The third-order valence-corrected chi connectivity index (χ3v) is 6.11. The van der Waals surface area contributed by atoms with E-state index in [0.29, 0.717) is 5.56 Å². The maximum absolute atomic E-state index is 14.9. The first-order valence-corrected chi connectivity index (χ1v) is 10.5. The average molecular weight is 428 g/mol. The highest BCUT2D eigenvalue weighted by atomic mass is 19.1. The van der Waals surface area contributed by atoms with Crippen LogP contribution in [0, 0.1) is 5.82 Å². The predicted molar refractivity (Wildman–Crippen MR) is 117 cm³/mol. The number of benzene rings is 2. The van der Waals surface area contributed by atoms with Crippen LogP contribution in [-0.2, 0) is 28.0 Å². The lowest BCUT2D eigenvalue weighted by atomic mass is 9.74. The first kappa shape index (κ1) is 22.7. The molecular formula is C24H30FN3O3. The Morgan fingerprint density at radius 1 is 1.19 bits per heavy atom. The maximum Gasteiger partial charge on any atom is 0.408 e. The quantitative estimate of drug-likeness (QED) is 0.711. The lowest BCUT2D eigenvalue weighted by molar-refractivity contribution is -0.119. The number of halogens is 1. The predicted octanol–water partition coefficient (Wildman–Crippen LogP) is 3.13. The van der Waals surface area contributed by atoms with Gasteiger partial charge in [0, 0.05) is 6.42 Å². The van der Waals surface area contributed by atoms with E-state index in [-0.39, 0.29) is 18.4 Å². The summed E-state index contributed by atoms with van der Waals surface area (Å²) in [6.45, 7) is 4.16. The van der Waals surface area contributed by atoms with Crippen LogP contribution in [0.25, 0.3) is 0 Å². The van der Waals surface area contributed by atoms with Crippen LogP contribution in [0.2, 0.25) is 0 Å². The molecule has 1 heterocycles. The van der Waals surface area contributed by atoms with Crippen LogP contribution in [0.5, 0.6) is 0 Å². The second kappa shape index (κ2) is 9.92. The van der Waals surface area contributed by atoms with E-state index in [2.05, 4.69) is 24.2 Å². The van der Waals surface area contributed by atoms with Crippen molar-refractivity contribution in [3.63, 3.8) is 0 Å². The molecule has 0 aliphatic carbocycles. The van der Waals surface area contributed by atoms with Gasteiger partial charge in [0.2, 0.25) is 5.91 Å². The Morgan fingerprint density at radius 2 is 1.87 bits per heavy atom. The molecule has 2 aromatic rings. The number of likely N-dealkylation sites (tertiary alicyclic amines) is 1. The Labute approximate surface area is 182 Å². The zero-order chi connectivity index (χ0) is 22.4. The highest BCUT2D eigenvalue weighted by Crippen LogP contribution is 2.35. The van der Waals surface area contributed by atoms with Crippen molar-refractivity contribution in [2.24, 2.45) is 5.73 Å². The van der Waals surface area contributed by atoms with E-state index in [1.54, 1.807) is 12.1 Å². The number of hydrogen-bond donors (Lipinski definition) is 2. The van der Waals surface area contributed by atoms with Gasteiger partial charge < -0.3 is 20.7 Å². The minimum atomic E-state index is -1.07. The highest BCUT2D eigenvalue weighted by molar-refractivity contribution is 5.84. The molecule has 1 fully saturated rings. The average Bonchev–Trinajstić information content (AvgIpc) is 2.76. The molecule has 1 aliphatic rings. The van der Waals surface area contributed by atoms with E-state index in [9.17, 15) is 14.0 Å². The summed E-state index contributed by atoms with van der Waals surface area (Å²) >= 11 is 0. The van der Waals surface area contributed by atoms with E-state index in [4.69, 9.17) is 10.5 Å². The smallest absolute Gasteiger partial charge is 0.408 e. The summed E-state index contributed by atoms with van der Waals surface area (Å²) in [7, 11) is 2.09. The van der Waals surface area contributed by atoms with Gasteiger partial charge in [-0.1, -0.05) is 49.4 Å². The third-order valence-electron chi connectivity index (χ3n) is 6.11. The third kappa shape index (κ3) is 6.04. The van der Waals surface area contributed by atoms with Crippen molar-refractivity contribution in [1.29, 1.82) is 0 Å². The van der Waals surface area contributed by atoms with Crippen molar-refractivity contribution < 1.29 is 18.7 Å². The minimum Gasteiger partial charge on any atom is -0.445 e. The highest BCUT2D eigenvalue weighted by Gasteiger charge is 2.31. The molecule has 0 bridgehead atoms. The fraction of sp³-hybridized carbons (Fsp3) is 0.417. The van der Waals surface area contributed by atoms with Gasteiger partial charge in [0.1, 0.15) is 18.5 Å². The van der Waals surface area contributed by atoms with E-state index in [0.717, 1.165) is 37.1 Å². The normalized spacial score (nSPS) is 17.0. The van der Waals surface area contributed by atoms with Gasteiger partial charge in [-0.05, 0) is 61.2 Å². The molecule has 7 heteroatoms. The van der Waals surface area contributed by atoms with E-state index in [1.165, 1.54) is 0 Å². The number of primary amides is 1. The number of alkyl carbamates (subject to hydrolysis) is 1. The molecule has 2 amide bonds. The van der Waals surface area contributed by atoms with Gasteiger partial charge in [-0.3, -0.25) is 4.79 Å². The molecule has 0 spiro atoms. The largest absolute Gasteiger partial charge is 0.445 e. The molecule has 2 aromatic carbocycles. The van der Waals surface area contributed by atoms with Gasteiger partial charge >= 0.3 is 6.09 Å². The van der Waals surface area contributed by atoms with Gasteiger partial charge in [0.05, 0.1) is 0 Å². The number of ether oxygens (including phenoxy) is 1. The standard InChI is InChI=1S/C24H30FN3O3/c1-24(10-12-28(2)13-11-24)19-9-8-18(20(25)15-19)14-21(22(26)29)27-23(30)31-16-17-6-4-3-5-7-17/h3-9,15,21H,10-14,16H2,1-2H3,(H2,26,29)(H,27,30)/t21-/m0/s1. The Bertz CT molecular complexity index is 912. The fourth-order valence-electron chi connectivity index (χ4n) is 3.84. The molecule has 0 unspecified atom stereocenters. The van der Waals surface area contributed by atoms with Crippen LogP contribution in [-0.4, -0.2) is 43.1 Å². The molecule has 0 saturated carbocycles. The number of piperidine rings is 1. The number of nitrogens with zero attached hydrogens (tertiary/aromatic N) is 1. The number of nitrogens with one attached hydrogen (secondary N) is 1. The SMILES string of the molecule is CN1CCC(C)(c2ccc(C[C@H](NC(=O)OCc3ccccc3)C(N)=O)c(F)c2)CC1. The van der Waals surface area contributed by atoms with Crippen molar-refractivity contribution >= 4 is 12.0 Å². The topological polar surface area (TPSA) is 84.7 Å². The molecule has 6 nitrogen and oxygen atoms in total. The molecule has 31 heavy (non-hydrogen) atoms. The first-order chi connectivity index (χ1) is 14.8. The number of nitrogens with two attached hydrogens (primary N) is 1. The molecule has 3 N–H and O–H groups in total. The molecule has 0 radical (unpaired) electrons. The van der Waals surface area contributed by atoms with Crippen molar-refractivity contribution in [2.75, 3.05) is 20.1 Å². The summed E-state index contributed by atoms with van der Waals surface area (Å²) < 4.78 is 20.0. The Kier molecular flexibility index (Phi) is 7.28. The van der Waals surface area contributed by atoms with Crippen LogP contribution in [0.4, 0.5) is 9.18 Å². The second-order valence-electron chi connectivity index (χ2n) is 8.54. The monoisotopic (exact) mass is 427 g/mol. The number of carbonyl (C=O) groups is 2. The van der Waals surface area contributed by atoms with Crippen LogP contribution < -0.4 is 11.1 Å². The summed E-state index contributed by atoms with van der Waals surface area (Å²) in [6.07, 6.45) is 1.10. The number of rotatable bonds is 7. The van der Waals surface area contributed by atoms with Gasteiger partial charge in [0.15, 0.2) is 0 Å². The van der Waals surface area contributed by atoms with Crippen LogP contribution in [0.1, 0.15) is 36.5 Å². The molecule has 1 atom stereocenters. The van der Waals surface area contributed by atoms with E-state index < -0.39 is 23.9 Å². The molecule has 166 valence electrons.